The van der Waals surface area contributed by atoms with Gasteiger partial charge in [-0.15, -0.1) is 0 Å². The Labute approximate surface area is 217 Å². The first-order valence-corrected chi connectivity index (χ1v) is 12.4. The lowest BCUT2D eigenvalue weighted by Crippen LogP contribution is -2.46. The Morgan fingerprint density at radius 1 is 0.973 bits per heavy atom. The highest BCUT2D eigenvalue weighted by molar-refractivity contribution is 5.89. The van der Waals surface area contributed by atoms with Crippen LogP contribution in [-0.2, 0) is 14.3 Å². The first kappa shape index (κ1) is 27.7. The van der Waals surface area contributed by atoms with E-state index in [1.165, 1.54) is 11.1 Å². The van der Waals surface area contributed by atoms with Crippen molar-refractivity contribution in [2.75, 3.05) is 26.2 Å². The third-order valence-electron chi connectivity index (χ3n) is 6.84. The predicted octanol–water partition coefficient (Wildman–Crippen LogP) is 4.74. The average Bonchev–Trinajstić information content (AvgIpc) is 3.13. The van der Waals surface area contributed by atoms with Crippen LogP contribution in [0.3, 0.4) is 0 Å². The summed E-state index contributed by atoms with van der Waals surface area (Å²) in [5.74, 6) is -2.12. The first-order chi connectivity index (χ1) is 17.8. The smallest absolute Gasteiger partial charge is 0.415 e. The Hall–Kier alpha value is -3.91. The van der Waals surface area contributed by atoms with Gasteiger partial charge in [0.25, 0.3) is 0 Å². The molecule has 2 aromatic carbocycles. The van der Waals surface area contributed by atoms with Crippen molar-refractivity contribution in [1.82, 2.24) is 9.80 Å². The number of carboxylic acid groups (broad SMARTS) is 2. The largest absolute Gasteiger partial charge is 0.478 e. The monoisotopic (exact) mass is 506 g/mol. The maximum absolute atomic E-state index is 12.1. The zero-order valence-electron chi connectivity index (χ0n) is 21.1. The average molecular weight is 507 g/mol. The fourth-order valence-electron chi connectivity index (χ4n) is 4.84. The molecule has 0 bridgehead atoms. The van der Waals surface area contributed by atoms with E-state index in [0.29, 0.717) is 24.6 Å². The molecule has 4 rings (SSSR count). The highest BCUT2D eigenvalue weighted by Crippen LogP contribution is 2.40. The number of piperidine rings is 1. The molecule has 0 atom stereocenters. The minimum Gasteiger partial charge on any atom is -0.478 e. The van der Waals surface area contributed by atoms with Gasteiger partial charge in [0.15, 0.2) is 5.60 Å². The summed E-state index contributed by atoms with van der Waals surface area (Å²) in [7, 11) is 0. The number of nitrogens with zero attached hydrogens (tertiary/aromatic N) is 2. The lowest BCUT2D eigenvalue weighted by Gasteiger charge is -2.38. The number of carbonyl (C=O) groups excluding carboxylic acids is 1. The van der Waals surface area contributed by atoms with E-state index in [1.807, 2.05) is 6.92 Å². The van der Waals surface area contributed by atoms with Crippen LogP contribution in [0.4, 0.5) is 4.79 Å². The second-order valence-corrected chi connectivity index (χ2v) is 9.07. The van der Waals surface area contributed by atoms with Gasteiger partial charge >= 0.3 is 18.0 Å². The highest BCUT2D eigenvalue weighted by Gasteiger charge is 2.49. The van der Waals surface area contributed by atoms with Crippen molar-refractivity contribution in [2.45, 2.75) is 37.7 Å². The van der Waals surface area contributed by atoms with E-state index in [4.69, 9.17) is 14.9 Å². The molecule has 2 aliphatic heterocycles. The predicted molar refractivity (Wildman–Crippen MR) is 140 cm³/mol. The fraction of sp³-hybridized carbons (Fsp3) is 0.345. The van der Waals surface area contributed by atoms with Crippen LogP contribution < -0.4 is 0 Å². The van der Waals surface area contributed by atoms with Gasteiger partial charge in [-0.3, -0.25) is 4.90 Å². The standard InChI is InChI=1S/C25H30N2O2.C4H4O4/c1-3-27-20(2)25(29-24(27)28)15-18-26(19-16-25)17-14-23(21-10-6-4-7-11-21)22-12-8-5-9-13-22;5-3(6)1-2-4(7)8/h4-13,23H,2-3,14-19H2,1H3;1-2H,(H,5,6)(H,7,8)/b;2-1-. The number of carboxylic acids is 2. The number of likely N-dealkylation sites (tertiary alicyclic amines) is 1. The van der Waals surface area contributed by atoms with Crippen molar-refractivity contribution in [1.29, 1.82) is 0 Å². The molecule has 2 heterocycles. The second-order valence-electron chi connectivity index (χ2n) is 9.07. The normalized spacial score (nSPS) is 17.1. The number of amides is 1. The zero-order chi connectivity index (χ0) is 26.8. The van der Waals surface area contributed by atoms with Crippen LogP contribution in [0.15, 0.2) is 85.1 Å². The quantitative estimate of drug-likeness (QED) is 0.498. The molecule has 1 amide bonds. The molecule has 2 N–H and O–H groups in total. The Balaban J connectivity index is 0.000000414. The van der Waals surface area contributed by atoms with Crippen molar-refractivity contribution in [3.05, 3.63) is 96.2 Å². The lowest BCUT2D eigenvalue weighted by atomic mass is 9.86. The van der Waals surface area contributed by atoms with Crippen molar-refractivity contribution in [2.24, 2.45) is 0 Å². The number of benzene rings is 2. The van der Waals surface area contributed by atoms with Gasteiger partial charge in [-0.05, 0) is 31.0 Å². The number of ether oxygens (including phenoxy) is 1. The number of aliphatic carboxylic acids is 2. The molecule has 37 heavy (non-hydrogen) atoms. The van der Waals surface area contributed by atoms with Crippen molar-refractivity contribution in [3.63, 3.8) is 0 Å². The third kappa shape index (κ3) is 7.30. The molecule has 2 aromatic rings. The molecule has 0 aromatic heterocycles. The van der Waals surface area contributed by atoms with Gasteiger partial charge in [0, 0.05) is 50.5 Å². The van der Waals surface area contributed by atoms with E-state index in [1.54, 1.807) is 4.90 Å². The van der Waals surface area contributed by atoms with E-state index in [0.717, 1.165) is 44.6 Å². The fourth-order valence-corrected chi connectivity index (χ4v) is 4.84. The maximum atomic E-state index is 12.1. The van der Waals surface area contributed by atoms with Crippen molar-refractivity contribution >= 4 is 18.0 Å². The summed E-state index contributed by atoms with van der Waals surface area (Å²) in [4.78, 5) is 35.4. The zero-order valence-corrected chi connectivity index (χ0v) is 21.1. The Bertz CT molecular complexity index is 1050. The Kier molecular flexibility index (Phi) is 9.63. The molecule has 2 fully saturated rings. The summed E-state index contributed by atoms with van der Waals surface area (Å²) in [6.45, 7) is 9.66. The van der Waals surface area contributed by atoms with Gasteiger partial charge in [0.2, 0.25) is 0 Å². The van der Waals surface area contributed by atoms with E-state index < -0.39 is 17.5 Å². The number of hydrogen-bond donors (Lipinski definition) is 2. The van der Waals surface area contributed by atoms with Crippen molar-refractivity contribution < 1.29 is 29.3 Å². The summed E-state index contributed by atoms with van der Waals surface area (Å²) in [5.41, 5.74) is 3.09. The van der Waals surface area contributed by atoms with Gasteiger partial charge in [0.1, 0.15) is 0 Å². The topological polar surface area (TPSA) is 107 Å². The molecule has 2 aliphatic rings. The molecule has 8 heteroatoms. The number of hydrogen-bond acceptors (Lipinski definition) is 5. The van der Waals surface area contributed by atoms with Gasteiger partial charge < -0.3 is 19.8 Å². The molecule has 0 radical (unpaired) electrons. The number of carbonyl (C=O) groups is 3. The van der Waals surface area contributed by atoms with Crippen molar-refractivity contribution in [3.8, 4) is 0 Å². The van der Waals surface area contributed by atoms with Crippen LogP contribution in [0.1, 0.15) is 43.2 Å². The van der Waals surface area contributed by atoms with Crippen LogP contribution in [0.2, 0.25) is 0 Å². The number of likely N-dealkylation sites (N-methyl/N-ethyl adjacent to an activating group) is 1. The molecular formula is C29H34N2O6. The van der Waals surface area contributed by atoms with E-state index in [2.05, 4.69) is 72.1 Å². The van der Waals surface area contributed by atoms with Crippen LogP contribution in [0, 0.1) is 0 Å². The molecule has 196 valence electrons. The molecule has 8 nitrogen and oxygen atoms in total. The Morgan fingerprint density at radius 3 is 1.86 bits per heavy atom. The van der Waals surface area contributed by atoms with Crippen LogP contribution in [-0.4, -0.2) is 69.8 Å². The summed E-state index contributed by atoms with van der Waals surface area (Å²) < 4.78 is 5.78. The van der Waals surface area contributed by atoms with Gasteiger partial charge in [-0.25, -0.2) is 14.4 Å². The molecule has 0 saturated carbocycles. The minimum absolute atomic E-state index is 0.237. The molecule has 1 spiro atoms. The van der Waals surface area contributed by atoms with E-state index in [-0.39, 0.29) is 6.09 Å². The van der Waals surface area contributed by atoms with E-state index >= 15 is 0 Å². The van der Waals surface area contributed by atoms with Crippen LogP contribution >= 0.6 is 0 Å². The third-order valence-corrected chi connectivity index (χ3v) is 6.84. The first-order valence-electron chi connectivity index (χ1n) is 12.4. The molecular weight excluding hydrogens is 472 g/mol. The van der Waals surface area contributed by atoms with Gasteiger partial charge in [-0.1, -0.05) is 67.2 Å². The summed E-state index contributed by atoms with van der Waals surface area (Å²) in [5, 5.41) is 15.6. The minimum atomic E-state index is -1.26. The molecule has 0 unspecified atom stereocenters. The SMILES string of the molecule is C=C1N(CC)C(=O)OC12CCN(CCC(c1ccccc1)c1ccccc1)CC2.O=C(O)/C=C\C(=O)O. The van der Waals surface area contributed by atoms with Gasteiger partial charge in [0.05, 0.1) is 5.70 Å². The molecule has 2 saturated heterocycles. The van der Waals surface area contributed by atoms with Crippen LogP contribution in [0.25, 0.3) is 0 Å². The van der Waals surface area contributed by atoms with Gasteiger partial charge in [-0.2, -0.15) is 0 Å². The van der Waals surface area contributed by atoms with Crippen LogP contribution in [0.5, 0.6) is 0 Å². The lowest BCUT2D eigenvalue weighted by molar-refractivity contribution is -0.134. The molecule has 0 aliphatic carbocycles. The summed E-state index contributed by atoms with van der Waals surface area (Å²) in [6, 6.07) is 21.5. The second kappa shape index (κ2) is 12.9. The highest BCUT2D eigenvalue weighted by atomic mass is 16.6. The maximum Gasteiger partial charge on any atom is 0.415 e. The number of rotatable bonds is 8. The summed E-state index contributed by atoms with van der Waals surface area (Å²) >= 11 is 0. The van der Waals surface area contributed by atoms with E-state index in [9.17, 15) is 14.4 Å². The summed E-state index contributed by atoms with van der Waals surface area (Å²) in [6.07, 6.45) is 3.61. The Morgan fingerprint density at radius 2 is 1.46 bits per heavy atom.